The smallest absolute Gasteiger partial charge is 0.0543 e. The van der Waals surface area contributed by atoms with Crippen LogP contribution >= 0.6 is 0 Å². The molecule has 4 aliphatic carbocycles. The van der Waals surface area contributed by atoms with Gasteiger partial charge in [-0.15, -0.1) is 0 Å². The summed E-state index contributed by atoms with van der Waals surface area (Å²) in [4.78, 5) is 2.53. The molecular formula is C58H55N. The van der Waals surface area contributed by atoms with E-state index < -0.39 is 0 Å². The first-order chi connectivity index (χ1) is 29.0. The molecule has 11 rings (SSSR count). The third-order valence-electron chi connectivity index (χ3n) is 15.0. The van der Waals surface area contributed by atoms with Crippen molar-refractivity contribution in [3.05, 3.63) is 186 Å². The van der Waals surface area contributed by atoms with Gasteiger partial charge in [0.2, 0.25) is 0 Å². The SMILES string of the molecule is CC1(C)c2cc(-c3ccccc3)ccc2-c2cc(-c3ccccc3)c(N(c3ccc(-c4ccc(C5CC6CCC5C6)cc4)cc3)c3ccc(C4CCCCC4)cc3)cc21. The van der Waals surface area contributed by atoms with Crippen molar-refractivity contribution in [3.63, 3.8) is 0 Å². The zero-order chi connectivity index (χ0) is 39.5. The maximum atomic E-state index is 2.53. The Morgan fingerprint density at radius 1 is 0.441 bits per heavy atom. The predicted molar refractivity (Wildman–Crippen MR) is 249 cm³/mol. The summed E-state index contributed by atoms with van der Waals surface area (Å²) in [6.07, 6.45) is 12.4. The van der Waals surface area contributed by atoms with Gasteiger partial charge in [-0.2, -0.15) is 0 Å². The molecule has 3 saturated carbocycles. The number of hydrogen-bond donors (Lipinski definition) is 0. The van der Waals surface area contributed by atoms with E-state index in [0.717, 1.165) is 17.8 Å². The number of nitrogens with zero attached hydrogens (tertiary/aromatic N) is 1. The highest BCUT2D eigenvalue weighted by Gasteiger charge is 2.40. The van der Waals surface area contributed by atoms with Crippen LogP contribution in [-0.4, -0.2) is 0 Å². The number of rotatable bonds is 8. The Labute approximate surface area is 351 Å². The van der Waals surface area contributed by atoms with Gasteiger partial charge in [-0.1, -0.05) is 161 Å². The maximum Gasteiger partial charge on any atom is 0.0543 e. The van der Waals surface area contributed by atoms with E-state index in [4.69, 9.17) is 0 Å². The minimum atomic E-state index is -0.177. The number of fused-ring (bicyclic) bond motifs is 5. The van der Waals surface area contributed by atoms with E-state index in [0.29, 0.717) is 5.92 Å². The zero-order valence-corrected chi connectivity index (χ0v) is 34.7. The quantitative estimate of drug-likeness (QED) is 0.149. The van der Waals surface area contributed by atoms with Crippen LogP contribution in [0.15, 0.2) is 164 Å². The van der Waals surface area contributed by atoms with Crippen molar-refractivity contribution in [1.82, 2.24) is 0 Å². The fraction of sp³-hybridized carbons (Fsp3) is 0.276. The van der Waals surface area contributed by atoms with Crippen molar-refractivity contribution in [1.29, 1.82) is 0 Å². The van der Waals surface area contributed by atoms with Gasteiger partial charge in [0, 0.05) is 22.4 Å². The first kappa shape index (κ1) is 36.4. The standard InChI is InChI=1S/C58H55N/c1-58(2)55-36-47(41-14-8-4-9-15-41)28-33-51(55)54-37-53(45-16-10-5-11-17-45)57(38-56(54)58)59(49-29-24-43(25-30-49)40-12-6-3-7-13-40)50-31-26-44(27-32-50)42-20-22-46(23-21-42)52-35-39-18-19-48(52)34-39/h4-5,8-11,14-17,20-33,36-40,48,52H,3,6-7,12-13,18-19,34-35H2,1-2H3. The van der Waals surface area contributed by atoms with Crippen molar-refractivity contribution in [2.24, 2.45) is 11.8 Å². The molecule has 0 radical (unpaired) electrons. The Morgan fingerprint density at radius 2 is 1.02 bits per heavy atom. The molecule has 3 atom stereocenters. The molecule has 2 bridgehead atoms. The summed E-state index contributed by atoms with van der Waals surface area (Å²) in [5.41, 5.74) is 19.5. The molecule has 0 aliphatic heterocycles. The molecule has 7 aromatic carbocycles. The Balaban J connectivity index is 1.02. The van der Waals surface area contributed by atoms with Crippen molar-refractivity contribution >= 4 is 17.1 Å². The summed E-state index contributed by atoms with van der Waals surface area (Å²) < 4.78 is 0. The van der Waals surface area contributed by atoms with Gasteiger partial charge in [0.15, 0.2) is 0 Å². The van der Waals surface area contributed by atoms with Crippen LogP contribution in [0.3, 0.4) is 0 Å². The summed E-state index contributed by atoms with van der Waals surface area (Å²) >= 11 is 0. The van der Waals surface area contributed by atoms with Gasteiger partial charge < -0.3 is 4.90 Å². The van der Waals surface area contributed by atoms with Gasteiger partial charge in [0.25, 0.3) is 0 Å². The normalized spacial score (nSPS) is 20.3. The van der Waals surface area contributed by atoms with Crippen LogP contribution < -0.4 is 4.90 Å². The van der Waals surface area contributed by atoms with Crippen LogP contribution in [0.1, 0.15) is 106 Å². The summed E-state index contributed by atoms with van der Waals surface area (Å²) in [6, 6.07) is 62.6. The van der Waals surface area contributed by atoms with E-state index >= 15 is 0 Å². The third kappa shape index (κ3) is 6.55. The summed E-state index contributed by atoms with van der Waals surface area (Å²) in [6.45, 7) is 4.83. The Bertz CT molecular complexity index is 2590. The van der Waals surface area contributed by atoms with Gasteiger partial charge in [0.05, 0.1) is 5.69 Å². The molecule has 3 unspecified atom stereocenters. The fourth-order valence-corrected chi connectivity index (χ4v) is 11.8. The lowest BCUT2D eigenvalue weighted by atomic mass is 9.81. The lowest BCUT2D eigenvalue weighted by Gasteiger charge is -2.31. The highest BCUT2D eigenvalue weighted by atomic mass is 15.1. The van der Waals surface area contributed by atoms with E-state index in [1.807, 2.05) is 0 Å². The monoisotopic (exact) mass is 765 g/mol. The summed E-state index contributed by atoms with van der Waals surface area (Å²) in [5, 5.41) is 0. The van der Waals surface area contributed by atoms with Crippen LogP contribution in [0.25, 0.3) is 44.5 Å². The van der Waals surface area contributed by atoms with E-state index in [9.17, 15) is 0 Å². The molecule has 3 fully saturated rings. The van der Waals surface area contributed by atoms with Crippen LogP contribution in [0.5, 0.6) is 0 Å². The zero-order valence-electron chi connectivity index (χ0n) is 34.7. The average Bonchev–Trinajstić information content (AvgIpc) is 4.00. The van der Waals surface area contributed by atoms with Gasteiger partial charge in [-0.25, -0.2) is 0 Å². The highest BCUT2D eigenvalue weighted by Crippen LogP contribution is 2.55. The minimum Gasteiger partial charge on any atom is -0.310 e. The van der Waals surface area contributed by atoms with Crippen LogP contribution in [0.4, 0.5) is 17.1 Å². The van der Waals surface area contributed by atoms with Crippen molar-refractivity contribution in [2.45, 2.75) is 88.9 Å². The molecule has 0 heterocycles. The molecule has 59 heavy (non-hydrogen) atoms. The molecule has 4 aliphatic rings. The molecule has 1 nitrogen and oxygen atoms in total. The first-order valence-corrected chi connectivity index (χ1v) is 22.5. The second-order valence-corrected chi connectivity index (χ2v) is 18.7. The Kier molecular flexibility index (Phi) is 9.18. The highest BCUT2D eigenvalue weighted by molar-refractivity contribution is 5.95. The number of benzene rings is 7. The van der Waals surface area contributed by atoms with Gasteiger partial charge in [-0.05, 0) is 159 Å². The van der Waals surface area contributed by atoms with Crippen molar-refractivity contribution in [2.75, 3.05) is 4.90 Å². The molecule has 0 spiro atoms. The van der Waals surface area contributed by atoms with Crippen LogP contribution in [-0.2, 0) is 5.41 Å². The molecule has 0 aromatic heterocycles. The molecule has 1 heteroatoms. The second-order valence-electron chi connectivity index (χ2n) is 18.7. The van der Waals surface area contributed by atoms with E-state index in [1.54, 1.807) is 5.56 Å². The molecule has 7 aromatic rings. The van der Waals surface area contributed by atoms with E-state index in [1.165, 1.54) is 136 Å². The predicted octanol–water partition coefficient (Wildman–Crippen LogP) is 16.4. The number of hydrogen-bond acceptors (Lipinski definition) is 1. The van der Waals surface area contributed by atoms with Gasteiger partial charge >= 0.3 is 0 Å². The lowest BCUT2D eigenvalue weighted by molar-refractivity contribution is 0.420. The molecular weight excluding hydrogens is 711 g/mol. The van der Waals surface area contributed by atoms with Crippen LogP contribution in [0.2, 0.25) is 0 Å². The molecule has 0 N–H and O–H groups in total. The first-order valence-electron chi connectivity index (χ1n) is 22.5. The Hall–Kier alpha value is -5.66. The van der Waals surface area contributed by atoms with Gasteiger partial charge in [-0.3, -0.25) is 0 Å². The van der Waals surface area contributed by atoms with E-state index in [2.05, 4.69) is 183 Å². The Morgan fingerprint density at radius 3 is 1.66 bits per heavy atom. The lowest BCUT2D eigenvalue weighted by Crippen LogP contribution is -2.17. The van der Waals surface area contributed by atoms with Crippen LogP contribution in [0, 0.1) is 11.8 Å². The summed E-state index contributed by atoms with van der Waals surface area (Å²) in [7, 11) is 0. The second kappa shape index (κ2) is 14.9. The largest absolute Gasteiger partial charge is 0.310 e. The number of anilines is 3. The average molecular weight is 766 g/mol. The van der Waals surface area contributed by atoms with Crippen molar-refractivity contribution < 1.29 is 0 Å². The third-order valence-corrected chi connectivity index (χ3v) is 15.0. The molecule has 292 valence electrons. The van der Waals surface area contributed by atoms with E-state index in [-0.39, 0.29) is 5.41 Å². The van der Waals surface area contributed by atoms with Gasteiger partial charge in [0.1, 0.15) is 0 Å². The minimum absolute atomic E-state index is 0.177. The molecule has 0 saturated heterocycles. The fourth-order valence-electron chi connectivity index (χ4n) is 11.8. The molecule has 0 amide bonds. The maximum absolute atomic E-state index is 2.53. The summed E-state index contributed by atoms with van der Waals surface area (Å²) in [5.74, 6) is 3.30. The topological polar surface area (TPSA) is 3.24 Å². The van der Waals surface area contributed by atoms with Crippen molar-refractivity contribution in [3.8, 4) is 44.5 Å².